The minimum Gasteiger partial charge on any atom is -0.457 e. The van der Waals surface area contributed by atoms with Crippen LogP contribution in [0.2, 0.25) is 0 Å². The maximum atomic E-state index is 13.2. The SMILES string of the molecule is O=C(C[C@@H]1CC[C@H]2[C@@H](COC[C@@H](O)CN2Cc2ccc(Oc3ccccc3)cc2)O1)N1CCN(c2ccccc2)CC1. The van der Waals surface area contributed by atoms with Crippen molar-refractivity contribution in [3.05, 3.63) is 90.5 Å². The minimum atomic E-state index is -0.555. The molecule has 3 aromatic carbocycles. The highest BCUT2D eigenvalue weighted by atomic mass is 16.5. The first-order valence-electron chi connectivity index (χ1n) is 15.2. The Kier molecular flexibility index (Phi) is 9.35. The molecule has 0 radical (unpaired) electrons. The highest BCUT2D eigenvalue weighted by molar-refractivity contribution is 5.77. The Morgan fingerprint density at radius 2 is 1.52 bits per heavy atom. The Hall–Kier alpha value is -3.43. The molecule has 0 unspecified atom stereocenters. The summed E-state index contributed by atoms with van der Waals surface area (Å²) in [6.45, 7) is 5.06. The highest BCUT2D eigenvalue weighted by Crippen LogP contribution is 2.30. The summed E-state index contributed by atoms with van der Waals surface area (Å²) in [6, 6.07) is 28.4. The van der Waals surface area contributed by atoms with Crippen LogP contribution in [0.5, 0.6) is 11.5 Å². The predicted octanol–water partition coefficient (Wildman–Crippen LogP) is 4.33. The summed E-state index contributed by atoms with van der Waals surface area (Å²) in [5.74, 6) is 1.77. The van der Waals surface area contributed by atoms with Crippen molar-refractivity contribution in [3.63, 3.8) is 0 Å². The molecule has 6 rings (SSSR count). The number of carbonyl (C=O) groups excluding carboxylic acids is 1. The molecule has 8 heteroatoms. The zero-order chi connectivity index (χ0) is 28.7. The summed E-state index contributed by atoms with van der Waals surface area (Å²) in [6.07, 6.45) is 1.30. The number of carbonyl (C=O) groups is 1. The lowest BCUT2D eigenvalue weighted by Gasteiger charge is -2.45. The number of β-amino-alcohol motifs (C(OH)–C–C–N with tert-alkyl or cyclic N) is 1. The van der Waals surface area contributed by atoms with Crippen LogP contribution in [0.3, 0.4) is 0 Å². The monoisotopic (exact) mass is 571 g/mol. The van der Waals surface area contributed by atoms with Crippen molar-refractivity contribution < 1.29 is 24.1 Å². The van der Waals surface area contributed by atoms with Gasteiger partial charge in [0.25, 0.3) is 0 Å². The van der Waals surface area contributed by atoms with Crippen LogP contribution in [-0.2, 0) is 20.8 Å². The smallest absolute Gasteiger partial charge is 0.225 e. The van der Waals surface area contributed by atoms with Gasteiger partial charge in [0.2, 0.25) is 5.91 Å². The topological polar surface area (TPSA) is 74.7 Å². The van der Waals surface area contributed by atoms with E-state index in [4.69, 9.17) is 14.2 Å². The highest BCUT2D eigenvalue weighted by Gasteiger charge is 2.38. The fourth-order valence-corrected chi connectivity index (χ4v) is 6.33. The van der Waals surface area contributed by atoms with E-state index in [0.29, 0.717) is 26.1 Å². The number of ether oxygens (including phenoxy) is 3. The van der Waals surface area contributed by atoms with E-state index in [0.717, 1.165) is 56.1 Å². The van der Waals surface area contributed by atoms with Gasteiger partial charge in [-0.2, -0.15) is 0 Å². The molecule has 222 valence electrons. The largest absolute Gasteiger partial charge is 0.457 e. The van der Waals surface area contributed by atoms with E-state index >= 15 is 0 Å². The van der Waals surface area contributed by atoms with Gasteiger partial charge in [-0.25, -0.2) is 0 Å². The Balaban J connectivity index is 1.03. The number of aliphatic hydroxyl groups excluding tert-OH is 1. The van der Waals surface area contributed by atoms with Crippen LogP contribution in [0.1, 0.15) is 24.8 Å². The number of hydrogen-bond acceptors (Lipinski definition) is 7. The van der Waals surface area contributed by atoms with Crippen molar-refractivity contribution in [2.24, 2.45) is 0 Å². The summed E-state index contributed by atoms with van der Waals surface area (Å²) in [7, 11) is 0. The molecule has 0 aromatic heterocycles. The Morgan fingerprint density at radius 3 is 2.26 bits per heavy atom. The standard InChI is InChI=1S/C34H41N3O5/c38-28-23-37(22-26-11-13-30(14-12-26)41-29-9-5-2-6-10-29)32-16-15-31(42-33(32)25-40-24-28)21-34(39)36-19-17-35(18-20-36)27-7-3-1-4-8-27/h1-14,28,31-33,38H,15-25H2/t28-,31-,32-,33+/m0/s1. The molecule has 3 aliphatic rings. The molecule has 0 aliphatic carbocycles. The molecule has 0 spiro atoms. The zero-order valence-electron chi connectivity index (χ0n) is 24.1. The van der Waals surface area contributed by atoms with Crippen molar-refractivity contribution >= 4 is 11.6 Å². The third-order valence-electron chi connectivity index (χ3n) is 8.53. The molecule has 4 atom stereocenters. The molecule has 3 heterocycles. The molecule has 3 saturated heterocycles. The van der Waals surface area contributed by atoms with Gasteiger partial charge in [-0.3, -0.25) is 9.69 Å². The molecular weight excluding hydrogens is 530 g/mol. The van der Waals surface area contributed by atoms with E-state index in [2.05, 4.69) is 46.2 Å². The fraction of sp³-hybridized carbons (Fsp3) is 0.441. The summed E-state index contributed by atoms with van der Waals surface area (Å²) >= 11 is 0. The van der Waals surface area contributed by atoms with Crippen molar-refractivity contribution in [1.82, 2.24) is 9.80 Å². The van der Waals surface area contributed by atoms with Crippen molar-refractivity contribution in [3.8, 4) is 11.5 Å². The molecule has 3 aromatic rings. The molecule has 3 fully saturated rings. The first kappa shape index (κ1) is 28.7. The zero-order valence-corrected chi connectivity index (χ0v) is 24.1. The van der Waals surface area contributed by atoms with E-state index in [9.17, 15) is 9.90 Å². The quantitative estimate of drug-likeness (QED) is 0.453. The average Bonchev–Trinajstić information content (AvgIpc) is 3.02. The van der Waals surface area contributed by atoms with Gasteiger partial charge < -0.3 is 29.1 Å². The number of nitrogens with zero attached hydrogens (tertiary/aromatic N) is 3. The molecule has 0 saturated carbocycles. The number of piperazine rings is 1. The van der Waals surface area contributed by atoms with E-state index in [-0.39, 0.29) is 30.8 Å². The van der Waals surface area contributed by atoms with Gasteiger partial charge in [0.15, 0.2) is 0 Å². The van der Waals surface area contributed by atoms with Crippen LogP contribution >= 0.6 is 0 Å². The Morgan fingerprint density at radius 1 is 0.833 bits per heavy atom. The van der Waals surface area contributed by atoms with Gasteiger partial charge in [-0.05, 0) is 54.8 Å². The number of rotatable bonds is 7. The van der Waals surface area contributed by atoms with Crippen molar-refractivity contribution in [2.75, 3.05) is 50.8 Å². The van der Waals surface area contributed by atoms with Gasteiger partial charge >= 0.3 is 0 Å². The summed E-state index contributed by atoms with van der Waals surface area (Å²) in [5.41, 5.74) is 2.36. The van der Waals surface area contributed by atoms with Gasteiger partial charge in [-0.15, -0.1) is 0 Å². The van der Waals surface area contributed by atoms with E-state index < -0.39 is 6.10 Å². The minimum absolute atomic E-state index is 0.112. The Bertz CT molecular complexity index is 1270. The second-order valence-corrected chi connectivity index (χ2v) is 11.5. The molecular formula is C34H41N3O5. The molecule has 8 nitrogen and oxygen atoms in total. The lowest BCUT2D eigenvalue weighted by molar-refractivity contribution is -0.161. The number of benzene rings is 3. The second-order valence-electron chi connectivity index (χ2n) is 11.5. The van der Waals surface area contributed by atoms with Crippen LogP contribution in [0.25, 0.3) is 0 Å². The first-order chi connectivity index (χ1) is 20.6. The fourth-order valence-electron chi connectivity index (χ4n) is 6.33. The third-order valence-corrected chi connectivity index (χ3v) is 8.53. The third kappa shape index (κ3) is 7.31. The number of amides is 1. The van der Waals surface area contributed by atoms with Gasteiger partial charge in [-0.1, -0.05) is 48.5 Å². The van der Waals surface area contributed by atoms with Gasteiger partial charge in [0, 0.05) is 51.0 Å². The predicted molar refractivity (Wildman–Crippen MR) is 162 cm³/mol. The Labute approximate surface area is 248 Å². The molecule has 42 heavy (non-hydrogen) atoms. The number of aliphatic hydroxyl groups is 1. The van der Waals surface area contributed by atoms with Crippen LogP contribution in [0.4, 0.5) is 5.69 Å². The van der Waals surface area contributed by atoms with Crippen LogP contribution in [0.15, 0.2) is 84.9 Å². The molecule has 1 amide bonds. The average molecular weight is 572 g/mol. The number of hydrogen-bond donors (Lipinski definition) is 1. The lowest BCUT2D eigenvalue weighted by Crippen LogP contribution is -2.56. The first-order valence-corrected chi connectivity index (χ1v) is 15.2. The second kappa shape index (κ2) is 13.7. The van der Waals surface area contributed by atoms with Gasteiger partial charge in [0.1, 0.15) is 11.5 Å². The van der Waals surface area contributed by atoms with Crippen molar-refractivity contribution in [1.29, 1.82) is 0 Å². The number of fused-ring (bicyclic) bond motifs is 1. The number of para-hydroxylation sites is 2. The normalized spacial score (nSPS) is 25.3. The molecule has 0 bridgehead atoms. The summed E-state index contributed by atoms with van der Waals surface area (Å²) in [5, 5.41) is 10.6. The van der Waals surface area contributed by atoms with E-state index in [1.54, 1.807) is 0 Å². The van der Waals surface area contributed by atoms with Gasteiger partial charge in [0.05, 0.1) is 37.9 Å². The van der Waals surface area contributed by atoms with E-state index in [1.165, 1.54) is 5.69 Å². The molecule has 3 aliphatic heterocycles. The summed E-state index contributed by atoms with van der Waals surface area (Å²) < 4.78 is 18.3. The molecule has 1 N–H and O–H groups in total. The van der Waals surface area contributed by atoms with Crippen LogP contribution in [-0.4, -0.2) is 91.1 Å². The number of anilines is 1. The van der Waals surface area contributed by atoms with Crippen LogP contribution < -0.4 is 9.64 Å². The van der Waals surface area contributed by atoms with E-state index in [1.807, 2.05) is 53.4 Å². The maximum Gasteiger partial charge on any atom is 0.225 e. The maximum absolute atomic E-state index is 13.2. The van der Waals surface area contributed by atoms with Crippen LogP contribution in [0, 0.1) is 0 Å². The lowest BCUT2D eigenvalue weighted by atomic mass is 9.94. The summed E-state index contributed by atoms with van der Waals surface area (Å²) in [4.78, 5) is 19.9. The van der Waals surface area contributed by atoms with Crippen molar-refractivity contribution in [2.45, 2.75) is 50.2 Å².